The van der Waals surface area contributed by atoms with E-state index in [4.69, 9.17) is 10.8 Å². The van der Waals surface area contributed by atoms with Crippen LogP contribution in [0.2, 0.25) is 0 Å². The minimum Gasteiger partial charge on any atom is -0.377 e. The van der Waals surface area contributed by atoms with Crippen LogP contribution in [0.25, 0.3) is 0 Å². The van der Waals surface area contributed by atoms with Crippen molar-refractivity contribution in [3.8, 4) is 0 Å². The van der Waals surface area contributed by atoms with Gasteiger partial charge in [0.25, 0.3) is 0 Å². The van der Waals surface area contributed by atoms with Crippen LogP contribution in [0.1, 0.15) is 6.92 Å². The molecule has 0 rings (SSSR count). The highest BCUT2D eigenvalue weighted by Gasteiger charge is 1.98. The highest BCUT2D eigenvalue weighted by atomic mass is 16.3. The zero-order chi connectivity index (χ0) is 7.28. The molecule has 0 aromatic heterocycles. The van der Waals surface area contributed by atoms with Crippen molar-refractivity contribution in [1.82, 2.24) is 5.32 Å². The van der Waals surface area contributed by atoms with Crippen LogP contribution in [-0.4, -0.2) is 30.2 Å². The summed E-state index contributed by atoms with van der Waals surface area (Å²) in [6, 6.07) is 0. The third-order valence-corrected chi connectivity index (χ3v) is 0.810. The number of carbonyl (C=O) groups excluding carboxylic acids is 1. The summed E-state index contributed by atoms with van der Waals surface area (Å²) in [4.78, 5) is 10.2. The number of aliphatic hydroxyl groups excluding tert-OH is 1. The van der Waals surface area contributed by atoms with E-state index in [2.05, 4.69) is 5.32 Å². The Labute approximate surface area is 54.0 Å². The van der Waals surface area contributed by atoms with Crippen molar-refractivity contribution in [3.05, 3.63) is 0 Å². The van der Waals surface area contributed by atoms with E-state index in [9.17, 15) is 4.79 Å². The predicted molar refractivity (Wildman–Crippen MR) is 33.7 cm³/mol. The van der Waals surface area contributed by atoms with E-state index in [-0.39, 0.29) is 18.9 Å². The van der Waals surface area contributed by atoms with E-state index < -0.39 is 6.23 Å². The fourth-order valence-electron chi connectivity index (χ4n) is 0.345. The van der Waals surface area contributed by atoms with Crippen molar-refractivity contribution in [2.24, 2.45) is 5.73 Å². The Morgan fingerprint density at radius 3 is 2.78 bits per heavy atom. The van der Waals surface area contributed by atoms with Gasteiger partial charge in [-0.3, -0.25) is 10.1 Å². The lowest BCUT2D eigenvalue weighted by Crippen LogP contribution is -2.38. The lowest BCUT2D eigenvalue weighted by molar-refractivity contribution is -0.116. The van der Waals surface area contributed by atoms with Crippen molar-refractivity contribution in [1.29, 1.82) is 0 Å². The molecule has 0 aliphatic heterocycles. The van der Waals surface area contributed by atoms with Crippen LogP contribution in [0.15, 0.2) is 0 Å². The molecule has 0 spiro atoms. The molecule has 0 heterocycles. The van der Waals surface area contributed by atoms with E-state index in [1.165, 1.54) is 6.92 Å². The minimum absolute atomic E-state index is 0.0116. The van der Waals surface area contributed by atoms with Crippen LogP contribution in [0.5, 0.6) is 0 Å². The molecule has 1 atom stereocenters. The predicted octanol–water partition coefficient (Wildman–Crippen LogP) is -1.56. The van der Waals surface area contributed by atoms with Crippen molar-refractivity contribution in [2.75, 3.05) is 13.1 Å². The Morgan fingerprint density at radius 2 is 2.44 bits per heavy atom. The lowest BCUT2D eigenvalue weighted by atomic mass is 10.4. The first-order valence-corrected chi connectivity index (χ1v) is 2.77. The molecule has 0 aromatic rings. The van der Waals surface area contributed by atoms with Gasteiger partial charge in [-0.15, -0.1) is 0 Å². The summed E-state index contributed by atoms with van der Waals surface area (Å²) in [5.41, 5.74) is 5.03. The molecule has 0 saturated heterocycles. The molecule has 0 fully saturated rings. The molecule has 0 amide bonds. The molecule has 9 heavy (non-hydrogen) atoms. The van der Waals surface area contributed by atoms with Gasteiger partial charge in [0.1, 0.15) is 12.0 Å². The summed E-state index contributed by atoms with van der Waals surface area (Å²) in [7, 11) is 0. The average molecular weight is 132 g/mol. The maximum Gasteiger partial charge on any atom is 0.143 e. The number of rotatable bonds is 4. The third-order valence-electron chi connectivity index (χ3n) is 0.810. The number of Topliss-reactive ketones (excluding diaryl/α,β-unsaturated/α-hetero) is 1. The highest BCUT2D eigenvalue weighted by Crippen LogP contribution is 1.70. The second kappa shape index (κ2) is 4.43. The number of aliphatic hydroxyl groups is 1. The number of carbonyl (C=O) groups is 1. The fraction of sp³-hybridized carbons (Fsp3) is 0.800. The Morgan fingerprint density at radius 1 is 1.89 bits per heavy atom. The van der Waals surface area contributed by atoms with Crippen LogP contribution in [0, 0.1) is 0 Å². The SMILES string of the molecule is CC(=O)CNC(O)CN. The van der Waals surface area contributed by atoms with E-state index in [1.807, 2.05) is 0 Å². The third kappa shape index (κ3) is 5.42. The Kier molecular flexibility index (Phi) is 4.21. The zero-order valence-corrected chi connectivity index (χ0v) is 5.42. The molecule has 0 saturated carbocycles. The van der Waals surface area contributed by atoms with Crippen molar-refractivity contribution in [2.45, 2.75) is 13.2 Å². The van der Waals surface area contributed by atoms with E-state index in [0.717, 1.165) is 0 Å². The van der Waals surface area contributed by atoms with Gasteiger partial charge in [-0.25, -0.2) is 0 Å². The van der Waals surface area contributed by atoms with Crippen molar-refractivity contribution < 1.29 is 9.90 Å². The van der Waals surface area contributed by atoms with Crippen LogP contribution in [-0.2, 0) is 4.79 Å². The quantitative estimate of drug-likeness (QED) is 0.404. The zero-order valence-electron chi connectivity index (χ0n) is 5.42. The Balaban J connectivity index is 3.16. The summed E-state index contributed by atoms with van der Waals surface area (Å²) in [6.07, 6.45) is -0.756. The first-order valence-electron chi connectivity index (χ1n) is 2.77. The van der Waals surface area contributed by atoms with Gasteiger partial charge in [-0.2, -0.15) is 0 Å². The first kappa shape index (κ1) is 8.55. The number of ketones is 1. The molecule has 0 bridgehead atoms. The van der Waals surface area contributed by atoms with Gasteiger partial charge in [0, 0.05) is 6.54 Å². The maximum atomic E-state index is 10.2. The summed E-state index contributed by atoms with van der Waals surface area (Å²) in [6.45, 7) is 1.75. The summed E-state index contributed by atoms with van der Waals surface area (Å²) >= 11 is 0. The monoisotopic (exact) mass is 132 g/mol. The standard InChI is InChI=1S/C5H12N2O2/c1-4(8)3-7-5(9)2-6/h5,7,9H,2-3,6H2,1H3. The van der Waals surface area contributed by atoms with Crippen LogP contribution in [0.4, 0.5) is 0 Å². The van der Waals surface area contributed by atoms with Gasteiger partial charge in [-0.1, -0.05) is 0 Å². The summed E-state index contributed by atoms with van der Waals surface area (Å²) in [5.74, 6) is -0.0116. The topological polar surface area (TPSA) is 75.3 Å². The van der Waals surface area contributed by atoms with Crippen LogP contribution in [0.3, 0.4) is 0 Å². The minimum atomic E-state index is -0.756. The molecule has 4 nitrogen and oxygen atoms in total. The molecule has 4 N–H and O–H groups in total. The largest absolute Gasteiger partial charge is 0.377 e. The van der Waals surface area contributed by atoms with E-state index in [1.54, 1.807) is 0 Å². The lowest BCUT2D eigenvalue weighted by Gasteiger charge is -2.06. The van der Waals surface area contributed by atoms with Gasteiger partial charge < -0.3 is 10.8 Å². The van der Waals surface area contributed by atoms with Gasteiger partial charge in [0.15, 0.2) is 0 Å². The molecule has 54 valence electrons. The van der Waals surface area contributed by atoms with Gasteiger partial charge in [0.2, 0.25) is 0 Å². The van der Waals surface area contributed by atoms with Crippen molar-refractivity contribution >= 4 is 5.78 Å². The average Bonchev–Trinajstić information content (AvgIpc) is 1.83. The van der Waals surface area contributed by atoms with Crippen LogP contribution < -0.4 is 11.1 Å². The molecule has 4 heteroatoms. The molecule has 0 aromatic carbocycles. The number of hydrogen-bond acceptors (Lipinski definition) is 4. The molecule has 1 unspecified atom stereocenters. The summed E-state index contributed by atoms with van der Waals surface area (Å²) in [5, 5.41) is 11.2. The number of nitrogens with one attached hydrogen (secondary N) is 1. The summed E-state index contributed by atoms with van der Waals surface area (Å²) < 4.78 is 0. The molecule has 0 radical (unpaired) electrons. The number of nitrogens with two attached hydrogens (primary N) is 1. The maximum absolute atomic E-state index is 10.2. The Bertz CT molecular complexity index is 95.0. The van der Waals surface area contributed by atoms with Crippen molar-refractivity contribution in [3.63, 3.8) is 0 Å². The smallest absolute Gasteiger partial charge is 0.143 e. The molecule has 0 aliphatic carbocycles. The van der Waals surface area contributed by atoms with Gasteiger partial charge in [-0.05, 0) is 6.92 Å². The first-order chi connectivity index (χ1) is 4.16. The fourth-order valence-corrected chi connectivity index (χ4v) is 0.345. The second-order valence-corrected chi connectivity index (χ2v) is 1.83. The highest BCUT2D eigenvalue weighted by molar-refractivity contribution is 5.77. The van der Waals surface area contributed by atoms with E-state index >= 15 is 0 Å². The van der Waals surface area contributed by atoms with Gasteiger partial charge in [0.05, 0.1) is 6.54 Å². The van der Waals surface area contributed by atoms with Gasteiger partial charge >= 0.3 is 0 Å². The molecule has 0 aliphatic rings. The molecular formula is C5H12N2O2. The normalized spacial score (nSPS) is 13.2. The second-order valence-electron chi connectivity index (χ2n) is 1.83. The molecular weight excluding hydrogens is 120 g/mol. The van der Waals surface area contributed by atoms with E-state index in [0.29, 0.717) is 0 Å². The Hall–Kier alpha value is -0.450. The van der Waals surface area contributed by atoms with Crippen LogP contribution >= 0.6 is 0 Å². The number of hydrogen-bond donors (Lipinski definition) is 3.